The zero-order chi connectivity index (χ0) is 25.7. The Bertz CT molecular complexity index is 1500. The van der Waals surface area contributed by atoms with Gasteiger partial charge in [0, 0.05) is 30.2 Å². The van der Waals surface area contributed by atoms with Gasteiger partial charge in [0.25, 0.3) is 0 Å². The fourth-order valence-electron chi connectivity index (χ4n) is 6.77. The van der Waals surface area contributed by atoms with Gasteiger partial charge in [0.1, 0.15) is 29.5 Å². The van der Waals surface area contributed by atoms with Crippen molar-refractivity contribution >= 4 is 27.5 Å². The lowest BCUT2D eigenvalue weighted by molar-refractivity contribution is 0.108. The lowest BCUT2D eigenvalue weighted by Crippen LogP contribution is -2.43. The first-order chi connectivity index (χ1) is 18.6. The number of piperidine rings is 1. The molecule has 7 rings (SSSR count). The molecule has 2 aromatic heterocycles. The van der Waals surface area contributed by atoms with E-state index in [4.69, 9.17) is 9.72 Å². The van der Waals surface area contributed by atoms with E-state index >= 15 is 4.39 Å². The molecule has 0 atom stereocenters. The summed E-state index contributed by atoms with van der Waals surface area (Å²) in [6.45, 7) is 4.41. The van der Waals surface area contributed by atoms with E-state index < -0.39 is 11.6 Å². The van der Waals surface area contributed by atoms with Crippen molar-refractivity contribution in [3.8, 4) is 17.3 Å². The minimum atomic E-state index is -0.578. The summed E-state index contributed by atoms with van der Waals surface area (Å²) in [7, 11) is 0. The third-order valence-electron chi connectivity index (χ3n) is 8.69. The molecular weight excluding hydrogens is 484 g/mol. The molecule has 0 radical (unpaired) electrons. The molecule has 3 aliphatic rings. The summed E-state index contributed by atoms with van der Waals surface area (Å²) in [5, 5.41) is 1.60. The molecule has 0 unspecified atom stereocenters. The van der Waals surface area contributed by atoms with Crippen LogP contribution < -0.4 is 9.64 Å². The Balaban J connectivity index is 1.35. The number of pyridine rings is 1. The molecule has 4 aromatic rings. The zero-order valence-corrected chi connectivity index (χ0v) is 21.4. The highest BCUT2D eigenvalue weighted by Crippen LogP contribution is 2.40. The van der Waals surface area contributed by atoms with Crippen LogP contribution in [0.3, 0.4) is 0 Å². The molecule has 3 fully saturated rings. The van der Waals surface area contributed by atoms with Crippen molar-refractivity contribution in [3.05, 3.63) is 54.2 Å². The number of anilines is 1. The molecule has 8 heteroatoms. The van der Waals surface area contributed by atoms with Crippen LogP contribution in [-0.4, -0.2) is 58.2 Å². The Morgan fingerprint density at radius 1 is 0.868 bits per heavy atom. The smallest absolute Gasteiger partial charge is 0.319 e. The summed E-state index contributed by atoms with van der Waals surface area (Å²) < 4.78 is 37.5. The maximum absolute atomic E-state index is 16.3. The maximum Gasteiger partial charge on any atom is 0.319 e. The molecule has 0 amide bonds. The van der Waals surface area contributed by atoms with Crippen LogP contribution in [0, 0.1) is 11.6 Å². The van der Waals surface area contributed by atoms with Gasteiger partial charge in [-0.25, -0.2) is 8.78 Å². The first-order valence-corrected chi connectivity index (χ1v) is 13.8. The second kappa shape index (κ2) is 9.42. The first-order valence-electron chi connectivity index (χ1n) is 13.8. The molecule has 3 saturated heterocycles. The molecule has 0 bridgehead atoms. The molecular formula is C30H31F2N5O. The van der Waals surface area contributed by atoms with Gasteiger partial charge in [0.15, 0.2) is 5.82 Å². The normalized spacial score (nSPS) is 19.4. The topological polar surface area (TPSA) is 54.4 Å². The molecule has 0 saturated carbocycles. The van der Waals surface area contributed by atoms with Crippen LogP contribution in [0.5, 0.6) is 6.01 Å². The largest absolute Gasteiger partial charge is 0.461 e. The van der Waals surface area contributed by atoms with Crippen LogP contribution in [0.4, 0.5) is 14.6 Å². The number of aromatic nitrogens is 3. The van der Waals surface area contributed by atoms with Gasteiger partial charge < -0.3 is 9.64 Å². The molecule has 2 aromatic carbocycles. The molecule has 5 heterocycles. The lowest BCUT2D eigenvalue weighted by atomic mass is 9.95. The number of fused-ring (bicyclic) bond motifs is 3. The second-order valence-electron chi connectivity index (χ2n) is 10.9. The van der Waals surface area contributed by atoms with Gasteiger partial charge >= 0.3 is 6.01 Å². The monoisotopic (exact) mass is 515 g/mol. The Hall–Kier alpha value is -3.39. The summed E-state index contributed by atoms with van der Waals surface area (Å²) >= 11 is 0. The summed E-state index contributed by atoms with van der Waals surface area (Å²) in [5.74, 6) is -0.318. The summed E-state index contributed by atoms with van der Waals surface area (Å²) in [6, 6.07) is 10.4. The van der Waals surface area contributed by atoms with Crippen molar-refractivity contribution in [2.45, 2.75) is 50.5 Å². The van der Waals surface area contributed by atoms with Gasteiger partial charge in [-0.1, -0.05) is 30.3 Å². The molecule has 38 heavy (non-hydrogen) atoms. The quantitative estimate of drug-likeness (QED) is 0.319. The van der Waals surface area contributed by atoms with Crippen LogP contribution in [0.2, 0.25) is 0 Å². The highest BCUT2D eigenvalue weighted by atomic mass is 19.1. The van der Waals surface area contributed by atoms with Crippen LogP contribution >= 0.6 is 0 Å². The van der Waals surface area contributed by atoms with E-state index in [1.54, 1.807) is 24.4 Å². The minimum Gasteiger partial charge on any atom is -0.461 e. The fourth-order valence-corrected chi connectivity index (χ4v) is 6.77. The van der Waals surface area contributed by atoms with Crippen molar-refractivity contribution in [2.75, 3.05) is 37.7 Å². The number of rotatable bonds is 5. The Morgan fingerprint density at radius 2 is 1.63 bits per heavy atom. The second-order valence-corrected chi connectivity index (χ2v) is 10.9. The van der Waals surface area contributed by atoms with Crippen LogP contribution in [0.1, 0.15) is 44.9 Å². The predicted molar refractivity (Wildman–Crippen MR) is 145 cm³/mol. The molecule has 3 aliphatic heterocycles. The summed E-state index contributed by atoms with van der Waals surface area (Å²) in [6.07, 6.45) is 9.48. The number of ether oxygens (including phenoxy) is 1. The van der Waals surface area contributed by atoms with Crippen LogP contribution in [-0.2, 0) is 0 Å². The number of benzene rings is 2. The van der Waals surface area contributed by atoms with E-state index in [1.807, 2.05) is 12.1 Å². The summed E-state index contributed by atoms with van der Waals surface area (Å²) in [4.78, 5) is 18.6. The van der Waals surface area contributed by atoms with Crippen molar-refractivity contribution in [3.63, 3.8) is 0 Å². The average molecular weight is 516 g/mol. The van der Waals surface area contributed by atoms with E-state index in [0.29, 0.717) is 34.1 Å². The van der Waals surface area contributed by atoms with Gasteiger partial charge in [-0.05, 0) is 69.5 Å². The van der Waals surface area contributed by atoms with Crippen molar-refractivity contribution in [1.82, 2.24) is 19.9 Å². The molecule has 0 spiro atoms. The van der Waals surface area contributed by atoms with E-state index in [9.17, 15) is 4.39 Å². The number of hydrogen-bond acceptors (Lipinski definition) is 6. The maximum atomic E-state index is 16.3. The Labute approximate surface area is 220 Å². The minimum absolute atomic E-state index is 0.0338. The molecule has 0 N–H and O–H groups in total. The van der Waals surface area contributed by atoms with Gasteiger partial charge in [-0.2, -0.15) is 9.97 Å². The lowest BCUT2D eigenvalue weighted by Gasteiger charge is -2.32. The SMILES string of the molecule is Fc1c(-c2cccc3cccc(F)c23)ncc2c(N3CCCCC3)nc(OCC34CCCN3CCC4)nc12. The van der Waals surface area contributed by atoms with Crippen molar-refractivity contribution in [2.24, 2.45) is 0 Å². The number of halogens is 2. The van der Waals surface area contributed by atoms with Gasteiger partial charge in [-0.3, -0.25) is 9.88 Å². The standard InChI is InChI=1S/C30H31F2N5O/c31-23-11-5-9-20-8-4-10-21(24(20)23)26-25(32)27-22(18-33-26)28(36-14-2-1-3-15-36)35-29(34-27)38-19-30-12-6-16-37(30)17-7-13-30/h4-5,8-11,18H,1-3,6-7,12-17,19H2. The van der Waals surface area contributed by atoms with Crippen molar-refractivity contribution < 1.29 is 13.5 Å². The fraction of sp³-hybridized carbons (Fsp3) is 0.433. The Kier molecular flexibility index (Phi) is 5.87. The van der Waals surface area contributed by atoms with Crippen molar-refractivity contribution in [1.29, 1.82) is 0 Å². The Morgan fingerprint density at radius 3 is 2.42 bits per heavy atom. The molecule has 6 nitrogen and oxygen atoms in total. The number of hydrogen-bond donors (Lipinski definition) is 0. The molecule has 0 aliphatic carbocycles. The number of nitrogens with zero attached hydrogens (tertiary/aromatic N) is 5. The van der Waals surface area contributed by atoms with E-state index in [0.717, 1.165) is 51.9 Å². The predicted octanol–water partition coefficient (Wildman–Crippen LogP) is 6.12. The highest BCUT2D eigenvalue weighted by molar-refractivity contribution is 5.99. The average Bonchev–Trinajstić information content (AvgIpc) is 3.53. The van der Waals surface area contributed by atoms with Crippen LogP contribution in [0.25, 0.3) is 32.9 Å². The van der Waals surface area contributed by atoms with Gasteiger partial charge in [0.05, 0.1) is 10.9 Å². The van der Waals surface area contributed by atoms with Gasteiger partial charge in [0.2, 0.25) is 0 Å². The first kappa shape index (κ1) is 23.7. The van der Waals surface area contributed by atoms with Crippen LogP contribution in [0.15, 0.2) is 42.6 Å². The zero-order valence-electron chi connectivity index (χ0n) is 21.4. The summed E-state index contributed by atoms with van der Waals surface area (Å²) in [5.41, 5.74) is 0.693. The van der Waals surface area contributed by atoms with E-state index in [-0.39, 0.29) is 22.8 Å². The van der Waals surface area contributed by atoms with E-state index in [1.165, 1.54) is 25.3 Å². The highest BCUT2D eigenvalue weighted by Gasteiger charge is 2.45. The third kappa shape index (κ3) is 3.88. The molecule has 196 valence electrons. The third-order valence-corrected chi connectivity index (χ3v) is 8.69. The van der Waals surface area contributed by atoms with E-state index in [2.05, 4.69) is 19.8 Å². The van der Waals surface area contributed by atoms with Gasteiger partial charge in [-0.15, -0.1) is 0 Å².